The topological polar surface area (TPSA) is 77.5 Å². The standard InChI is InChI=1S/C19H23ClN6O/c1-3-25(2)19(27)15-5-4-8-26(15)16-6-7-21-18(24-16)14-11-23-17-13(14)9-12(20)10-22-17/h6-7,9,11-12,15H,3-5,8,10H2,1-2H3,(H,22,23)/t12?,15-/m1/s1. The average molecular weight is 387 g/mol. The summed E-state index contributed by atoms with van der Waals surface area (Å²) in [4.78, 5) is 33.4. The number of carbonyl (C=O) groups excluding carboxylic acids is 1. The van der Waals surface area contributed by atoms with Crippen LogP contribution in [0.25, 0.3) is 17.5 Å². The van der Waals surface area contributed by atoms with E-state index < -0.39 is 0 Å². The number of likely N-dealkylation sites (N-methyl/N-ethyl adjacent to an activating group) is 1. The molecule has 1 amide bonds. The molecule has 7 nitrogen and oxygen atoms in total. The van der Waals surface area contributed by atoms with Gasteiger partial charge in [-0.1, -0.05) is 6.08 Å². The van der Waals surface area contributed by atoms with Crippen molar-refractivity contribution >= 4 is 29.4 Å². The van der Waals surface area contributed by atoms with Gasteiger partial charge < -0.3 is 14.8 Å². The second kappa shape index (κ2) is 7.31. The van der Waals surface area contributed by atoms with E-state index in [1.54, 1.807) is 11.1 Å². The molecule has 2 aliphatic heterocycles. The van der Waals surface area contributed by atoms with Crippen molar-refractivity contribution in [1.29, 1.82) is 0 Å². The van der Waals surface area contributed by atoms with E-state index in [-0.39, 0.29) is 17.3 Å². The SMILES string of the molecule is CCN(C)C(=O)[C@H]1CCCN1c1ccnc(-c2c[nH]c3c2=CC(Cl)CN=3)n1. The van der Waals surface area contributed by atoms with Crippen molar-refractivity contribution in [2.24, 2.45) is 4.99 Å². The molecule has 2 aromatic rings. The summed E-state index contributed by atoms with van der Waals surface area (Å²) in [5, 5.41) is 0.818. The van der Waals surface area contributed by atoms with Crippen molar-refractivity contribution in [3.05, 3.63) is 29.2 Å². The van der Waals surface area contributed by atoms with Crippen molar-refractivity contribution in [1.82, 2.24) is 19.9 Å². The summed E-state index contributed by atoms with van der Waals surface area (Å²) in [5.41, 5.74) is 1.70. The molecule has 142 valence electrons. The van der Waals surface area contributed by atoms with E-state index in [4.69, 9.17) is 16.6 Å². The third-order valence-corrected chi connectivity index (χ3v) is 5.50. The predicted molar refractivity (Wildman–Crippen MR) is 105 cm³/mol. The molecular weight excluding hydrogens is 364 g/mol. The molecule has 2 aliphatic rings. The molecule has 4 heterocycles. The quantitative estimate of drug-likeness (QED) is 0.793. The van der Waals surface area contributed by atoms with Crippen LogP contribution in [0.15, 0.2) is 23.5 Å². The van der Waals surface area contributed by atoms with Gasteiger partial charge in [-0.2, -0.15) is 0 Å². The molecule has 0 aliphatic carbocycles. The van der Waals surface area contributed by atoms with Gasteiger partial charge in [0.15, 0.2) is 5.82 Å². The Morgan fingerprint density at radius 3 is 3.15 bits per heavy atom. The Hall–Kier alpha value is -2.41. The lowest BCUT2D eigenvalue weighted by Crippen LogP contribution is -2.44. The zero-order chi connectivity index (χ0) is 19.0. The van der Waals surface area contributed by atoms with Gasteiger partial charge in [-0.3, -0.25) is 9.79 Å². The summed E-state index contributed by atoms with van der Waals surface area (Å²) in [6.07, 6.45) is 7.44. The maximum atomic E-state index is 12.7. The largest absolute Gasteiger partial charge is 0.346 e. The molecule has 1 fully saturated rings. The van der Waals surface area contributed by atoms with E-state index in [2.05, 4.69) is 19.9 Å². The highest BCUT2D eigenvalue weighted by molar-refractivity contribution is 6.24. The highest BCUT2D eigenvalue weighted by Gasteiger charge is 2.33. The number of anilines is 1. The number of alkyl halides is 1. The van der Waals surface area contributed by atoms with Crippen LogP contribution < -0.4 is 15.6 Å². The van der Waals surface area contributed by atoms with E-state index in [1.807, 2.05) is 32.3 Å². The van der Waals surface area contributed by atoms with Crippen molar-refractivity contribution in [2.75, 3.05) is 31.6 Å². The monoisotopic (exact) mass is 386 g/mol. The van der Waals surface area contributed by atoms with Gasteiger partial charge in [0, 0.05) is 43.3 Å². The van der Waals surface area contributed by atoms with Gasteiger partial charge in [0.1, 0.15) is 17.3 Å². The lowest BCUT2D eigenvalue weighted by molar-refractivity contribution is -0.130. The first kappa shape index (κ1) is 18.0. The zero-order valence-electron chi connectivity index (χ0n) is 15.5. The van der Waals surface area contributed by atoms with Gasteiger partial charge >= 0.3 is 0 Å². The van der Waals surface area contributed by atoms with Gasteiger partial charge in [0.25, 0.3) is 0 Å². The van der Waals surface area contributed by atoms with Crippen LogP contribution in [0.1, 0.15) is 19.8 Å². The number of halogens is 1. The molecule has 0 spiro atoms. The van der Waals surface area contributed by atoms with Crippen LogP contribution in [0.5, 0.6) is 0 Å². The number of carbonyl (C=O) groups is 1. The fourth-order valence-corrected chi connectivity index (χ4v) is 3.86. The van der Waals surface area contributed by atoms with E-state index >= 15 is 0 Å². The normalized spacial score (nSPS) is 21.4. The van der Waals surface area contributed by atoms with Crippen molar-refractivity contribution in [3.8, 4) is 11.4 Å². The summed E-state index contributed by atoms with van der Waals surface area (Å²) in [6.45, 7) is 4.08. The first-order valence-electron chi connectivity index (χ1n) is 9.31. The number of aromatic amines is 1. The number of aromatic nitrogens is 3. The summed E-state index contributed by atoms with van der Waals surface area (Å²) >= 11 is 6.24. The molecule has 1 unspecified atom stereocenters. The molecule has 1 saturated heterocycles. The van der Waals surface area contributed by atoms with Crippen LogP contribution in [0, 0.1) is 0 Å². The number of nitrogens with zero attached hydrogens (tertiary/aromatic N) is 5. The summed E-state index contributed by atoms with van der Waals surface area (Å²) in [5.74, 6) is 1.54. The molecule has 0 radical (unpaired) electrons. The van der Waals surface area contributed by atoms with E-state index in [9.17, 15) is 4.79 Å². The molecule has 2 aromatic heterocycles. The fourth-order valence-electron chi connectivity index (χ4n) is 3.67. The van der Waals surface area contributed by atoms with Crippen LogP contribution in [0.3, 0.4) is 0 Å². The van der Waals surface area contributed by atoms with Crippen LogP contribution >= 0.6 is 11.6 Å². The Kier molecular flexibility index (Phi) is 4.86. The Morgan fingerprint density at radius 2 is 2.33 bits per heavy atom. The summed E-state index contributed by atoms with van der Waals surface area (Å²) < 4.78 is 0. The number of nitrogens with one attached hydrogen (secondary N) is 1. The van der Waals surface area contributed by atoms with Gasteiger partial charge in [-0.15, -0.1) is 11.6 Å². The first-order valence-corrected chi connectivity index (χ1v) is 9.75. The highest BCUT2D eigenvalue weighted by Crippen LogP contribution is 2.26. The van der Waals surface area contributed by atoms with E-state index in [0.717, 1.165) is 41.5 Å². The Bertz CT molecular complexity index is 971. The minimum absolute atomic E-state index is 0.125. The number of H-pyrrole nitrogens is 1. The smallest absolute Gasteiger partial charge is 0.245 e. The van der Waals surface area contributed by atoms with Crippen LogP contribution in [0.4, 0.5) is 5.82 Å². The molecule has 4 rings (SSSR count). The number of fused-ring (bicyclic) bond motifs is 1. The fraction of sp³-hybridized carbons (Fsp3) is 0.474. The van der Waals surface area contributed by atoms with E-state index in [0.29, 0.717) is 18.9 Å². The number of hydrogen-bond acceptors (Lipinski definition) is 5. The lowest BCUT2D eigenvalue weighted by Gasteiger charge is -2.28. The van der Waals surface area contributed by atoms with Crippen molar-refractivity contribution < 1.29 is 4.79 Å². The van der Waals surface area contributed by atoms with Gasteiger partial charge in [-0.05, 0) is 25.8 Å². The number of hydrogen-bond donors (Lipinski definition) is 1. The van der Waals surface area contributed by atoms with Gasteiger partial charge in [0.2, 0.25) is 5.91 Å². The van der Waals surface area contributed by atoms with Gasteiger partial charge in [-0.25, -0.2) is 9.97 Å². The van der Waals surface area contributed by atoms with Crippen molar-refractivity contribution in [2.45, 2.75) is 31.2 Å². The van der Waals surface area contributed by atoms with Crippen molar-refractivity contribution in [3.63, 3.8) is 0 Å². The second-order valence-corrected chi connectivity index (χ2v) is 7.49. The van der Waals surface area contributed by atoms with Crippen LogP contribution in [-0.4, -0.2) is 63.9 Å². The Labute approximate surface area is 162 Å². The van der Waals surface area contributed by atoms with Gasteiger partial charge in [0.05, 0.1) is 11.9 Å². The van der Waals surface area contributed by atoms with Crippen LogP contribution in [0.2, 0.25) is 0 Å². The third-order valence-electron chi connectivity index (χ3n) is 5.23. The molecule has 0 bridgehead atoms. The maximum absolute atomic E-state index is 12.7. The molecule has 1 N–H and O–H groups in total. The molecule has 2 atom stereocenters. The molecular formula is C19H23ClN6O. The minimum atomic E-state index is -0.161. The molecule has 0 saturated carbocycles. The Morgan fingerprint density at radius 1 is 1.48 bits per heavy atom. The first-order chi connectivity index (χ1) is 13.1. The number of amides is 1. The van der Waals surface area contributed by atoms with E-state index in [1.165, 1.54) is 0 Å². The maximum Gasteiger partial charge on any atom is 0.245 e. The average Bonchev–Trinajstić information content (AvgIpc) is 3.33. The number of rotatable bonds is 4. The second-order valence-electron chi connectivity index (χ2n) is 6.93. The molecule has 0 aromatic carbocycles. The summed E-state index contributed by atoms with van der Waals surface area (Å²) in [6, 6.07) is 1.71. The minimum Gasteiger partial charge on any atom is -0.346 e. The summed E-state index contributed by atoms with van der Waals surface area (Å²) in [7, 11) is 1.85. The predicted octanol–water partition coefficient (Wildman–Crippen LogP) is 0.940. The third kappa shape index (κ3) is 3.32. The molecule has 8 heteroatoms. The lowest BCUT2D eigenvalue weighted by atomic mass is 10.2. The zero-order valence-corrected chi connectivity index (χ0v) is 16.3. The molecule has 27 heavy (non-hydrogen) atoms. The Balaban J connectivity index is 1.69. The van der Waals surface area contributed by atoms with Crippen LogP contribution in [-0.2, 0) is 4.79 Å². The highest BCUT2D eigenvalue weighted by atomic mass is 35.5.